The summed E-state index contributed by atoms with van der Waals surface area (Å²) in [7, 11) is 1.67. The molecule has 3 aliphatic rings. The number of piperidine rings is 1. The van der Waals surface area contributed by atoms with E-state index in [1.165, 1.54) is 0 Å². The van der Waals surface area contributed by atoms with E-state index in [2.05, 4.69) is 43.8 Å². The number of aromatic nitrogens is 3. The zero-order valence-corrected chi connectivity index (χ0v) is 18.1. The molecule has 9 heteroatoms. The summed E-state index contributed by atoms with van der Waals surface area (Å²) in [5, 5.41) is 3.66. The summed E-state index contributed by atoms with van der Waals surface area (Å²) in [6.45, 7) is 3.96. The molecule has 1 atom stereocenters. The second-order valence-corrected chi connectivity index (χ2v) is 8.55. The normalized spacial score (nSPS) is 22.2. The van der Waals surface area contributed by atoms with Crippen molar-refractivity contribution in [2.24, 2.45) is 4.99 Å². The molecule has 9 nitrogen and oxygen atoms in total. The number of hydrogen-bond donors (Lipinski definition) is 2. The highest BCUT2D eigenvalue weighted by molar-refractivity contribution is 6.01. The van der Waals surface area contributed by atoms with Crippen LogP contribution in [-0.2, 0) is 9.47 Å². The molecule has 1 aromatic carbocycles. The second-order valence-electron chi connectivity index (χ2n) is 8.55. The van der Waals surface area contributed by atoms with Crippen LogP contribution in [0.15, 0.2) is 47.8 Å². The second kappa shape index (κ2) is 8.16. The Morgan fingerprint density at radius 3 is 2.66 bits per heavy atom. The number of likely N-dealkylation sites (tertiary alicyclic amines) is 1. The first-order chi connectivity index (χ1) is 15.8. The van der Waals surface area contributed by atoms with E-state index < -0.39 is 0 Å². The number of nitrogens with one attached hydrogen (secondary N) is 2. The monoisotopic (exact) mass is 433 g/mol. The Balaban J connectivity index is 1.20. The molecule has 0 amide bonds. The van der Waals surface area contributed by atoms with E-state index in [1.807, 2.05) is 16.9 Å². The van der Waals surface area contributed by atoms with Gasteiger partial charge < -0.3 is 9.47 Å². The van der Waals surface area contributed by atoms with Gasteiger partial charge in [-0.25, -0.2) is 4.99 Å². The number of nitrogens with zero attached hydrogens (tertiary/aromatic N) is 5. The Bertz CT molecular complexity index is 1150. The molecule has 0 spiro atoms. The van der Waals surface area contributed by atoms with Crippen molar-refractivity contribution in [1.82, 2.24) is 24.9 Å². The predicted octanol–water partition coefficient (Wildman–Crippen LogP) is 1.78. The topological polar surface area (TPSA) is 88.8 Å². The van der Waals surface area contributed by atoms with Crippen molar-refractivity contribution >= 4 is 16.9 Å². The van der Waals surface area contributed by atoms with Gasteiger partial charge in [-0.2, -0.15) is 0 Å². The van der Waals surface area contributed by atoms with Gasteiger partial charge in [0, 0.05) is 43.3 Å². The molecule has 0 aliphatic carbocycles. The molecule has 5 heterocycles. The van der Waals surface area contributed by atoms with Crippen LogP contribution in [0.2, 0.25) is 0 Å². The first kappa shape index (κ1) is 19.7. The van der Waals surface area contributed by atoms with Gasteiger partial charge in [-0.1, -0.05) is 6.07 Å². The van der Waals surface area contributed by atoms with Crippen molar-refractivity contribution in [2.75, 3.05) is 38.8 Å². The van der Waals surface area contributed by atoms with Crippen LogP contribution in [0.25, 0.3) is 22.2 Å². The fraction of sp³-hybridized carbons (Fsp3) is 0.435. The van der Waals surface area contributed by atoms with Crippen molar-refractivity contribution in [2.45, 2.75) is 31.2 Å². The molecule has 2 aromatic heterocycles. The Labute approximate surface area is 186 Å². The van der Waals surface area contributed by atoms with Gasteiger partial charge in [-0.15, -0.1) is 0 Å². The molecule has 3 aromatic rings. The number of methoxy groups -OCH3 is 1. The smallest absolute Gasteiger partial charge is 0.238 e. The van der Waals surface area contributed by atoms with E-state index in [-0.39, 0.29) is 6.29 Å². The molecule has 32 heavy (non-hydrogen) atoms. The summed E-state index contributed by atoms with van der Waals surface area (Å²) in [5.41, 5.74) is 8.22. The van der Waals surface area contributed by atoms with Crippen LogP contribution in [-0.4, -0.2) is 77.2 Å². The van der Waals surface area contributed by atoms with Crippen LogP contribution in [0.5, 0.6) is 0 Å². The predicted molar refractivity (Wildman–Crippen MR) is 122 cm³/mol. The minimum absolute atomic E-state index is 0.233. The van der Waals surface area contributed by atoms with E-state index in [0.29, 0.717) is 18.0 Å². The SMILES string of the molecule is COC1=NC(NC2CCN(C3COC3)CC2)Nn2ccc(-c3ccc4nccnc4c3)c21. The van der Waals surface area contributed by atoms with Crippen LogP contribution in [0.4, 0.5) is 0 Å². The average Bonchev–Trinajstić information content (AvgIpc) is 3.22. The quantitative estimate of drug-likeness (QED) is 0.648. The summed E-state index contributed by atoms with van der Waals surface area (Å²) >= 11 is 0. The number of fused-ring (bicyclic) bond motifs is 2. The molecule has 0 saturated carbocycles. The number of hydrogen-bond acceptors (Lipinski definition) is 8. The Kier molecular flexibility index (Phi) is 5.01. The number of benzene rings is 1. The van der Waals surface area contributed by atoms with E-state index in [9.17, 15) is 0 Å². The summed E-state index contributed by atoms with van der Waals surface area (Å²) in [4.78, 5) is 16.2. The lowest BCUT2D eigenvalue weighted by Gasteiger charge is -2.42. The number of rotatable bonds is 4. The molecule has 0 bridgehead atoms. The molecule has 0 radical (unpaired) electrons. The minimum Gasteiger partial charge on any atom is -0.480 e. The van der Waals surface area contributed by atoms with Crippen LogP contribution in [0, 0.1) is 0 Å². The number of ether oxygens (including phenoxy) is 2. The van der Waals surface area contributed by atoms with Crippen molar-refractivity contribution in [3.63, 3.8) is 0 Å². The molecule has 1 unspecified atom stereocenters. The number of aliphatic imine (C=N–C) groups is 1. The lowest BCUT2D eigenvalue weighted by atomic mass is 10.0. The van der Waals surface area contributed by atoms with Gasteiger partial charge in [-0.05, 0) is 36.6 Å². The third-order valence-corrected chi connectivity index (χ3v) is 6.63. The first-order valence-corrected chi connectivity index (χ1v) is 11.2. The van der Waals surface area contributed by atoms with Crippen molar-refractivity contribution in [1.29, 1.82) is 0 Å². The fourth-order valence-corrected chi connectivity index (χ4v) is 4.77. The van der Waals surface area contributed by atoms with Crippen LogP contribution < -0.4 is 10.7 Å². The van der Waals surface area contributed by atoms with Gasteiger partial charge in [0.1, 0.15) is 5.69 Å². The summed E-state index contributed by atoms with van der Waals surface area (Å²) in [6.07, 6.45) is 7.42. The Hall–Kier alpha value is -3.01. The van der Waals surface area contributed by atoms with E-state index in [0.717, 1.165) is 67.0 Å². The maximum absolute atomic E-state index is 5.71. The standard InChI is InChI=1S/C23H27N7O2/c1-31-22-21-18(15-2-3-19-20(12-15)25-8-7-24-19)6-11-30(21)28-23(27-22)26-16-4-9-29(10-5-16)17-13-32-14-17/h2-3,6-8,11-12,16-17,23,26,28H,4-5,9-10,13-14H2,1H3. The summed E-state index contributed by atoms with van der Waals surface area (Å²) in [5.74, 6) is 0.615. The van der Waals surface area contributed by atoms with E-state index in [4.69, 9.17) is 14.5 Å². The third kappa shape index (κ3) is 3.52. The van der Waals surface area contributed by atoms with Crippen molar-refractivity contribution < 1.29 is 9.47 Å². The highest BCUT2D eigenvalue weighted by Gasteiger charge is 2.31. The molecule has 6 rings (SSSR count). The van der Waals surface area contributed by atoms with Gasteiger partial charge in [-0.3, -0.25) is 30.3 Å². The lowest BCUT2D eigenvalue weighted by Crippen LogP contribution is -2.56. The maximum Gasteiger partial charge on any atom is 0.238 e. The van der Waals surface area contributed by atoms with Gasteiger partial charge in [0.25, 0.3) is 0 Å². The van der Waals surface area contributed by atoms with E-state index in [1.54, 1.807) is 19.5 Å². The summed E-state index contributed by atoms with van der Waals surface area (Å²) in [6, 6.07) is 9.22. The van der Waals surface area contributed by atoms with Crippen LogP contribution in [0.3, 0.4) is 0 Å². The largest absolute Gasteiger partial charge is 0.480 e. The molecular weight excluding hydrogens is 406 g/mol. The van der Waals surface area contributed by atoms with Gasteiger partial charge in [0.2, 0.25) is 5.90 Å². The fourth-order valence-electron chi connectivity index (χ4n) is 4.77. The zero-order chi connectivity index (χ0) is 21.5. The molecule has 2 saturated heterocycles. The van der Waals surface area contributed by atoms with Gasteiger partial charge in [0.05, 0.1) is 37.4 Å². The molecule has 166 valence electrons. The first-order valence-electron chi connectivity index (χ1n) is 11.2. The van der Waals surface area contributed by atoms with Crippen LogP contribution >= 0.6 is 0 Å². The zero-order valence-electron chi connectivity index (χ0n) is 18.1. The minimum atomic E-state index is -0.233. The highest BCUT2D eigenvalue weighted by Crippen LogP contribution is 2.29. The molecule has 2 fully saturated rings. The molecule has 2 N–H and O–H groups in total. The van der Waals surface area contributed by atoms with E-state index >= 15 is 0 Å². The summed E-state index contributed by atoms with van der Waals surface area (Å²) < 4.78 is 13.1. The van der Waals surface area contributed by atoms with Gasteiger partial charge >= 0.3 is 0 Å². The Morgan fingerprint density at radius 2 is 1.91 bits per heavy atom. The highest BCUT2D eigenvalue weighted by atomic mass is 16.5. The van der Waals surface area contributed by atoms with Gasteiger partial charge in [0.15, 0.2) is 6.29 Å². The van der Waals surface area contributed by atoms with Crippen LogP contribution in [0.1, 0.15) is 18.5 Å². The third-order valence-electron chi connectivity index (χ3n) is 6.63. The molecular formula is C23H27N7O2. The Morgan fingerprint density at radius 1 is 1.09 bits per heavy atom. The maximum atomic E-state index is 5.71. The van der Waals surface area contributed by atoms with Crippen molar-refractivity contribution in [3.05, 3.63) is 48.5 Å². The average molecular weight is 434 g/mol. The lowest BCUT2D eigenvalue weighted by molar-refractivity contribution is -0.0721. The molecule has 3 aliphatic heterocycles. The van der Waals surface area contributed by atoms with Crippen molar-refractivity contribution in [3.8, 4) is 11.1 Å².